The van der Waals surface area contributed by atoms with E-state index in [4.69, 9.17) is 69.6 Å². The molecule has 0 unspecified atom stereocenters. The summed E-state index contributed by atoms with van der Waals surface area (Å²) in [6.07, 6.45) is 1.89. The zero-order chi connectivity index (χ0) is 19.2. The Morgan fingerprint density at radius 3 is 1.92 bits per heavy atom. The number of anilines is 1. The van der Waals surface area contributed by atoms with Gasteiger partial charge in [-0.25, -0.2) is 4.90 Å². The van der Waals surface area contributed by atoms with E-state index in [-0.39, 0.29) is 10.1 Å². The lowest BCUT2D eigenvalue weighted by atomic mass is 9.84. The number of fused-ring (bicyclic) bond motifs is 5. The molecule has 1 saturated heterocycles. The lowest BCUT2D eigenvalue weighted by Crippen LogP contribution is -2.50. The minimum atomic E-state index is -1.91. The maximum absolute atomic E-state index is 13.2. The van der Waals surface area contributed by atoms with Gasteiger partial charge in [-0.3, -0.25) is 9.59 Å². The third-order valence-corrected chi connectivity index (χ3v) is 10.2. The number of rotatable bonds is 2. The van der Waals surface area contributed by atoms with E-state index in [9.17, 15) is 9.59 Å². The number of allylic oxidation sites excluding steroid dienone is 2. The number of hydrogen-bond acceptors (Lipinski definition) is 3. The number of nitrogens with zero attached hydrogens (tertiary/aromatic N) is 1. The van der Waals surface area contributed by atoms with Gasteiger partial charge in [0.05, 0.1) is 27.6 Å². The van der Waals surface area contributed by atoms with Crippen LogP contribution in [0.25, 0.3) is 0 Å². The van der Waals surface area contributed by atoms with Gasteiger partial charge in [0.15, 0.2) is 4.33 Å². The van der Waals surface area contributed by atoms with Gasteiger partial charge < -0.3 is 0 Å². The number of benzene rings is 1. The van der Waals surface area contributed by atoms with Gasteiger partial charge in [0.25, 0.3) is 0 Å². The second kappa shape index (κ2) is 5.85. The topological polar surface area (TPSA) is 37.4 Å². The van der Waals surface area contributed by atoms with Gasteiger partial charge in [-0.05, 0) is 24.5 Å². The highest BCUT2D eigenvalue weighted by Gasteiger charge is 2.87. The first-order valence-electron chi connectivity index (χ1n) is 7.38. The number of imide groups is 1. The van der Waals surface area contributed by atoms with Crippen molar-refractivity contribution in [1.82, 2.24) is 0 Å². The minimum Gasteiger partial charge on any atom is -0.274 e. The summed E-state index contributed by atoms with van der Waals surface area (Å²) in [5.74, 6) is -3.33. The Morgan fingerprint density at radius 2 is 1.46 bits per heavy atom. The van der Waals surface area contributed by atoms with Crippen molar-refractivity contribution in [2.24, 2.45) is 11.8 Å². The van der Waals surface area contributed by atoms with Gasteiger partial charge in [-0.15, -0.1) is 35.0 Å². The molecule has 0 N–H and O–H groups in total. The lowest BCUT2D eigenvalue weighted by Gasteiger charge is -2.34. The van der Waals surface area contributed by atoms with Crippen LogP contribution in [-0.4, -0.2) is 32.2 Å². The Morgan fingerprint density at radius 1 is 0.962 bits per heavy atom. The van der Waals surface area contributed by atoms with E-state index >= 15 is 0 Å². The monoisotopic (exact) mass is 489 g/mol. The first-order valence-corrected chi connectivity index (χ1v) is 10.9. The predicted octanol–water partition coefficient (Wildman–Crippen LogP) is 5.36. The maximum Gasteiger partial charge on any atom is 0.240 e. The molecule has 1 heterocycles. The van der Waals surface area contributed by atoms with E-state index in [0.29, 0.717) is 5.69 Å². The normalized spacial score (nSPS) is 37.7. The van der Waals surface area contributed by atoms with Crippen LogP contribution in [0.5, 0.6) is 0 Å². The molecule has 0 radical (unpaired) electrons. The largest absolute Gasteiger partial charge is 0.274 e. The Kier molecular flexibility index (Phi) is 4.39. The summed E-state index contributed by atoms with van der Waals surface area (Å²) in [5.41, 5.74) is 0.420. The SMILES string of the molecule is CSc1cccc(N2C(=O)[C@@H]3[C@H](C2=O)[C@]2(Cl)C(Cl)=C(Cl)[C@]3(Cl)C2(Cl)Cl)c1. The summed E-state index contributed by atoms with van der Waals surface area (Å²) in [5, 5.41) is -0.189. The highest BCUT2D eigenvalue weighted by atomic mass is 35.5. The molecule has 3 nitrogen and oxygen atoms in total. The van der Waals surface area contributed by atoms with E-state index in [1.165, 1.54) is 11.8 Å². The Hall–Kier alpha value is 0.190. The molecule has 2 aliphatic carbocycles. The summed E-state index contributed by atoms with van der Waals surface area (Å²) >= 11 is 40.3. The standard InChI is InChI=1S/C16H9Cl6NO2S/c1-26-7-4-2-3-6(5-7)23-12(24)8-9(13(23)25)15(20)11(18)10(17)14(8,19)16(15,21)22/h2-5,8-9H,1H3/t8-,9+,14-,15-/m0/s1. The molecule has 1 aromatic carbocycles. The number of amides is 2. The molecule has 0 aromatic heterocycles. The molecule has 3 aliphatic rings. The fourth-order valence-corrected chi connectivity index (χ4v) is 7.38. The first kappa shape index (κ1) is 19.5. The summed E-state index contributed by atoms with van der Waals surface area (Å²) in [6, 6.07) is 7.01. The van der Waals surface area contributed by atoms with Crippen molar-refractivity contribution >= 4 is 98.9 Å². The molecule has 1 aliphatic heterocycles. The van der Waals surface area contributed by atoms with Crippen LogP contribution in [0.4, 0.5) is 5.69 Å². The third-order valence-electron chi connectivity index (χ3n) is 5.22. The Labute approximate surface area is 183 Å². The van der Waals surface area contributed by atoms with Crippen LogP contribution in [0.2, 0.25) is 0 Å². The van der Waals surface area contributed by atoms with Gasteiger partial charge in [0.2, 0.25) is 11.8 Å². The number of carbonyl (C=O) groups is 2. The highest BCUT2D eigenvalue weighted by Crippen LogP contribution is 2.77. The van der Waals surface area contributed by atoms with Crippen molar-refractivity contribution < 1.29 is 9.59 Å². The number of halogens is 6. The van der Waals surface area contributed by atoms with Crippen LogP contribution in [0.1, 0.15) is 0 Å². The fraction of sp³-hybridized carbons (Fsp3) is 0.375. The number of carbonyl (C=O) groups excluding carboxylic acids is 2. The number of hydrogen-bond donors (Lipinski definition) is 0. The second-order valence-corrected chi connectivity index (χ2v) is 10.4. The van der Waals surface area contributed by atoms with Crippen molar-refractivity contribution in [3.05, 3.63) is 34.3 Å². The van der Waals surface area contributed by atoms with Crippen LogP contribution < -0.4 is 4.90 Å². The van der Waals surface area contributed by atoms with E-state index < -0.39 is 37.7 Å². The molecule has 4 rings (SSSR count). The van der Waals surface area contributed by atoms with Crippen molar-refractivity contribution in [2.45, 2.75) is 19.0 Å². The van der Waals surface area contributed by atoms with Crippen molar-refractivity contribution in [2.75, 3.05) is 11.2 Å². The van der Waals surface area contributed by atoms with Crippen molar-refractivity contribution in [3.8, 4) is 0 Å². The summed E-state index contributed by atoms with van der Waals surface area (Å²) in [7, 11) is 0. The molecular formula is C16H9Cl6NO2S. The minimum absolute atomic E-state index is 0.0945. The number of thioether (sulfide) groups is 1. The van der Waals surface area contributed by atoms with Gasteiger partial charge in [-0.2, -0.15) is 0 Å². The average molecular weight is 492 g/mol. The molecule has 138 valence electrons. The van der Waals surface area contributed by atoms with Gasteiger partial charge in [0.1, 0.15) is 9.75 Å². The van der Waals surface area contributed by atoms with Crippen LogP contribution in [0, 0.1) is 11.8 Å². The molecule has 1 saturated carbocycles. The third kappa shape index (κ3) is 1.93. The maximum atomic E-state index is 13.2. The molecular weight excluding hydrogens is 483 g/mol. The van der Waals surface area contributed by atoms with E-state index in [2.05, 4.69) is 0 Å². The molecule has 4 atom stereocenters. The molecule has 10 heteroatoms. The van der Waals surface area contributed by atoms with E-state index in [1.807, 2.05) is 12.3 Å². The van der Waals surface area contributed by atoms with E-state index in [0.717, 1.165) is 9.80 Å². The van der Waals surface area contributed by atoms with Crippen LogP contribution >= 0.6 is 81.4 Å². The van der Waals surface area contributed by atoms with Crippen LogP contribution in [-0.2, 0) is 9.59 Å². The zero-order valence-corrected chi connectivity index (χ0v) is 18.3. The summed E-state index contributed by atoms with van der Waals surface area (Å²) in [6.45, 7) is 0. The van der Waals surface area contributed by atoms with Crippen LogP contribution in [0.3, 0.4) is 0 Å². The van der Waals surface area contributed by atoms with Crippen molar-refractivity contribution in [1.29, 1.82) is 0 Å². The van der Waals surface area contributed by atoms with Gasteiger partial charge >= 0.3 is 0 Å². The lowest BCUT2D eigenvalue weighted by molar-refractivity contribution is -0.123. The zero-order valence-electron chi connectivity index (χ0n) is 12.9. The molecule has 1 aromatic rings. The summed E-state index contributed by atoms with van der Waals surface area (Å²) in [4.78, 5) is 24.8. The van der Waals surface area contributed by atoms with Crippen LogP contribution in [0.15, 0.2) is 39.2 Å². The first-order chi connectivity index (χ1) is 12.0. The smallest absolute Gasteiger partial charge is 0.240 e. The fourth-order valence-electron chi connectivity index (χ4n) is 4.00. The quantitative estimate of drug-likeness (QED) is 0.317. The molecule has 2 fully saturated rings. The second-order valence-electron chi connectivity index (χ2n) is 6.29. The predicted molar refractivity (Wildman–Crippen MR) is 108 cm³/mol. The highest BCUT2D eigenvalue weighted by molar-refractivity contribution is 7.98. The summed E-state index contributed by atoms with van der Waals surface area (Å²) < 4.78 is -1.91. The Bertz CT molecular complexity index is 858. The molecule has 26 heavy (non-hydrogen) atoms. The Balaban J connectivity index is 1.89. The van der Waals surface area contributed by atoms with Crippen molar-refractivity contribution in [3.63, 3.8) is 0 Å². The van der Waals surface area contributed by atoms with Gasteiger partial charge in [-0.1, -0.05) is 52.5 Å². The molecule has 2 bridgehead atoms. The molecule has 0 spiro atoms. The van der Waals surface area contributed by atoms with E-state index in [1.54, 1.807) is 18.2 Å². The number of alkyl halides is 4. The van der Waals surface area contributed by atoms with Gasteiger partial charge in [0, 0.05) is 4.90 Å². The molecule has 2 amide bonds. The average Bonchev–Trinajstić information content (AvgIpc) is 2.99.